The van der Waals surface area contributed by atoms with Crippen molar-refractivity contribution in [3.8, 4) is 0 Å². The molecule has 0 spiro atoms. The van der Waals surface area contributed by atoms with Gasteiger partial charge in [-0.25, -0.2) is 9.98 Å². The van der Waals surface area contributed by atoms with E-state index in [1.54, 1.807) is 6.26 Å². The van der Waals surface area contributed by atoms with Crippen LogP contribution < -0.4 is 10.6 Å². The normalized spacial score (nSPS) is 15.9. The predicted octanol–water partition coefficient (Wildman–Crippen LogP) is 3.68. The molecule has 0 bridgehead atoms. The second-order valence-electron chi connectivity index (χ2n) is 7.43. The van der Waals surface area contributed by atoms with Crippen LogP contribution >= 0.6 is 24.0 Å². The summed E-state index contributed by atoms with van der Waals surface area (Å²) in [6.45, 7) is 6.39. The van der Waals surface area contributed by atoms with Crippen LogP contribution in [0.5, 0.6) is 0 Å². The Hall–Kier alpha value is -2.07. The van der Waals surface area contributed by atoms with Crippen LogP contribution in [0.4, 0.5) is 0 Å². The zero-order valence-electron chi connectivity index (χ0n) is 17.7. The maximum atomic E-state index is 5.72. The van der Waals surface area contributed by atoms with Crippen molar-refractivity contribution in [2.24, 2.45) is 12.0 Å². The van der Waals surface area contributed by atoms with Crippen LogP contribution in [0.1, 0.15) is 37.4 Å². The van der Waals surface area contributed by atoms with Crippen LogP contribution in [0.25, 0.3) is 11.0 Å². The molecule has 1 aliphatic heterocycles. The van der Waals surface area contributed by atoms with Crippen LogP contribution in [0, 0.1) is 0 Å². The highest BCUT2D eigenvalue weighted by atomic mass is 127. The minimum atomic E-state index is 0. The summed E-state index contributed by atoms with van der Waals surface area (Å²) in [6.07, 6.45) is 4.25. The van der Waals surface area contributed by atoms with Gasteiger partial charge in [-0.2, -0.15) is 0 Å². The first kappa shape index (κ1) is 22.6. The van der Waals surface area contributed by atoms with E-state index in [1.165, 1.54) is 12.8 Å². The second kappa shape index (κ2) is 10.8. The van der Waals surface area contributed by atoms with E-state index >= 15 is 0 Å². The average Bonchev–Trinajstić information content (AvgIpc) is 3.49. The van der Waals surface area contributed by atoms with Crippen LogP contribution in [0.3, 0.4) is 0 Å². The fourth-order valence-corrected chi connectivity index (χ4v) is 3.97. The van der Waals surface area contributed by atoms with Crippen LogP contribution in [0.2, 0.25) is 0 Å². The van der Waals surface area contributed by atoms with Gasteiger partial charge in [-0.05, 0) is 57.1 Å². The van der Waals surface area contributed by atoms with Gasteiger partial charge in [0.25, 0.3) is 0 Å². The minimum absolute atomic E-state index is 0. The van der Waals surface area contributed by atoms with E-state index in [0.29, 0.717) is 6.54 Å². The number of benzene rings is 1. The summed E-state index contributed by atoms with van der Waals surface area (Å²) in [6, 6.07) is 12.4. The van der Waals surface area contributed by atoms with E-state index in [-0.39, 0.29) is 30.0 Å². The highest BCUT2D eigenvalue weighted by Gasteiger charge is 2.25. The average molecular weight is 522 g/mol. The summed E-state index contributed by atoms with van der Waals surface area (Å²) in [5, 5.41) is 6.86. The van der Waals surface area contributed by atoms with Gasteiger partial charge in [-0.15, -0.1) is 24.0 Å². The van der Waals surface area contributed by atoms with E-state index < -0.39 is 0 Å². The van der Waals surface area contributed by atoms with Crippen molar-refractivity contribution >= 4 is 41.0 Å². The van der Waals surface area contributed by atoms with Gasteiger partial charge in [-0.3, -0.25) is 4.90 Å². The highest BCUT2D eigenvalue weighted by Crippen LogP contribution is 2.24. The molecule has 1 fully saturated rings. The van der Waals surface area contributed by atoms with Crippen LogP contribution in [-0.4, -0.2) is 46.6 Å². The third-order valence-corrected chi connectivity index (χ3v) is 5.52. The van der Waals surface area contributed by atoms with Gasteiger partial charge in [0.15, 0.2) is 5.96 Å². The van der Waals surface area contributed by atoms with Crippen molar-refractivity contribution in [1.82, 2.24) is 25.1 Å². The van der Waals surface area contributed by atoms with Gasteiger partial charge in [-0.1, -0.05) is 12.1 Å². The summed E-state index contributed by atoms with van der Waals surface area (Å²) in [4.78, 5) is 12.0. The molecule has 0 radical (unpaired) electrons. The number of nitrogens with one attached hydrogen (secondary N) is 2. The molecule has 1 atom stereocenters. The number of hydrogen-bond donors (Lipinski definition) is 2. The molecule has 3 heterocycles. The molecule has 0 saturated carbocycles. The third kappa shape index (κ3) is 5.15. The molecule has 0 aliphatic carbocycles. The molecule has 1 aromatic carbocycles. The lowest BCUT2D eigenvalue weighted by Crippen LogP contribution is -2.42. The summed E-state index contributed by atoms with van der Waals surface area (Å²) in [7, 11) is 2.04. The SMILES string of the molecule is CCNC(=NCc1nc2ccccc2n1C)NCC(c1ccco1)N1CCCC1.I. The van der Waals surface area contributed by atoms with Crippen LogP contribution in [0.15, 0.2) is 52.1 Å². The van der Waals surface area contributed by atoms with E-state index in [4.69, 9.17) is 14.4 Å². The van der Waals surface area contributed by atoms with Crippen molar-refractivity contribution in [2.75, 3.05) is 26.2 Å². The first-order valence-corrected chi connectivity index (χ1v) is 10.5. The molecule has 7 nitrogen and oxygen atoms in total. The Morgan fingerprint density at radius 1 is 1.17 bits per heavy atom. The number of rotatable bonds is 7. The summed E-state index contributed by atoms with van der Waals surface area (Å²) in [5.74, 6) is 2.76. The van der Waals surface area contributed by atoms with E-state index in [9.17, 15) is 0 Å². The zero-order chi connectivity index (χ0) is 20.1. The number of imidazole rings is 1. The van der Waals surface area contributed by atoms with Crippen molar-refractivity contribution in [3.63, 3.8) is 0 Å². The van der Waals surface area contributed by atoms with Gasteiger partial charge in [0.2, 0.25) is 0 Å². The number of aliphatic imine (C=N–C) groups is 1. The summed E-state index contributed by atoms with van der Waals surface area (Å²) >= 11 is 0. The van der Waals surface area contributed by atoms with Crippen molar-refractivity contribution in [2.45, 2.75) is 32.4 Å². The largest absolute Gasteiger partial charge is 0.468 e. The maximum absolute atomic E-state index is 5.72. The minimum Gasteiger partial charge on any atom is -0.468 e. The molecule has 3 aromatic rings. The Bertz CT molecular complexity index is 946. The monoisotopic (exact) mass is 522 g/mol. The lowest BCUT2D eigenvalue weighted by molar-refractivity contribution is 0.215. The van der Waals surface area contributed by atoms with Crippen molar-refractivity contribution in [1.29, 1.82) is 0 Å². The molecule has 0 amide bonds. The Labute approximate surface area is 195 Å². The highest BCUT2D eigenvalue weighted by molar-refractivity contribution is 14.0. The van der Waals surface area contributed by atoms with Gasteiger partial charge in [0.05, 0.1) is 23.3 Å². The van der Waals surface area contributed by atoms with Crippen molar-refractivity contribution in [3.05, 3.63) is 54.2 Å². The molecule has 8 heteroatoms. The molecule has 4 rings (SSSR count). The topological polar surface area (TPSA) is 70.6 Å². The Kier molecular flexibility index (Phi) is 8.15. The molecule has 30 heavy (non-hydrogen) atoms. The third-order valence-electron chi connectivity index (χ3n) is 5.52. The smallest absolute Gasteiger partial charge is 0.191 e. The Morgan fingerprint density at radius 3 is 2.67 bits per heavy atom. The molecule has 1 aliphatic rings. The maximum Gasteiger partial charge on any atom is 0.191 e. The van der Waals surface area contributed by atoms with E-state index in [1.807, 2.05) is 31.3 Å². The Morgan fingerprint density at radius 2 is 1.97 bits per heavy atom. The van der Waals surface area contributed by atoms with Crippen molar-refractivity contribution < 1.29 is 4.42 Å². The first-order valence-electron chi connectivity index (χ1n) is 10.5. The summed E-state index contributed by atoms with van der Waals surface area (Å²) < 4.78 is 7.83. The molecule has 2 aromatic heterocycles. The molecule has 1 saturated heterocycles. The molecule has 2 N–H and O–H groups in total. The molecule has 1 unspecified atom stereocenters. The quantitative estimate of drug-likeness (QED) is 0.282. The van der Waals surface area contributed by atoms with Crippen LogP contribution in [-0.2, 0) is 13.6 Å². The predicted molar refractivity (Wildman–Crippen MR) is 131 cm³/mol. The number of nitrogens with zero attached hydrogens (tertiary/aromatic N) is 4. The number of likely N-dealkylation sites (tertiary alicyclic amines) is 1. The number of fused-ring (bicyclic) bond motifs is 1. The number of halogens is 1. The number of guanidine groups is 1. The van der Waals surface area contributed by atoms with E-state index in [0.717, 1.165) is 54.8 Å². The lowest BCUT2D eigenvalue weighted by Gasteiger charge is -2.26. The molecule has 162 valence electrons. The van der Waals surface area contributed by atoms with Gasteiger partial charge in [0.1, 0.15) is 18.1 Å². The number of hydrogen-bond acceptors (Lipinski definition) is 4. The standard InChI is InChI=1S/C22H30N6O.HI/c1-3-23-22(25-16-21-26-17-9-4-5-10-18(17)27(21)2)24-15-19(20-11-8-14-29-20)28-12-6-7-13-28;/h4-5,8-11,14,19H,3,6-7,12-13,15-16H2,1-2H3,(H2,23,24,25);1H. The van der Waals surface area contributed by atoms with Gasteiger partial charge < -0.3 is 19.6 Å². The van der Waals surface area contributed by atoms with E-state index in [2.05, 4.69) is 39.2 Å². The number of aryl methyl sites for hydroxylation is 1. The zero-order valence-corrected chi connectivity index (χ0v) is 20.0. The lowest BCUT2D eigenvalue weighted by atomic mass is 10.2. The number of para-hydroxylation sites is 2. The molecular weight excluding hydrogens is 491 g/mol. The summed E-state index contributed by atoms with van der Waals surface area (Å²) in [5.41, 5.74) is 2.13. The number of furan rings is 1. The fourth-order valence-electron chi connectivity index (χ4n) is 3.97. The van der Waals surface area contributed by atoms with Gasteiger partial charge >= 0.3 is 0 Å². The fraction of sp³-hybridized carbons (Fsp3) is 0.455. The number of aromatic nitrogens is 2. The Balaban J connectivity index is 0.00000256. The van der Waals surface area contributed by atoms with Gasteiger partial charge in [0, 0.05) is 20.1 Å². The second-order valence-corrected chi connectivity index (χ2v) is 7.43. The molecular formula is C22H31IN6O. The first-order chi connectivity index (χ1) is 14.3.